The summed E-state index contributed by atoms with van der Waals surface area (Å²) >= 11 is 0. The van der Waals surface area contributed by atoms with Crippen molar-refractivity contribution >= 4 is 11.9 Å². The summed E-state index contributed by atoms with van der Waals surface area (Å²) in [5.41, 5.74) is 8.99. The number of amides is 1. The second-order valence-electron chi connectivity index (χ2n) is 7.91. The fourth-order valence-corrected chi connectivity index (χ4v) is 3.47. The number of carboxylic acids is 1. The van der Waals surface area contributed by atoms with Crippen molar-refractivity contribution in [3.05, 3.63) is 59.7 Å². The number of rotatable bonds is 5. The summed E-state index contributed by atoms with van der Waals surface area (Å²) in [4.78, 5) is 21.3. The molecule has 1 amide bonds. The summed E-state index contributed by atoms with van der Waals surface area (Å²) in [5, 5.41) is 28.2. The molecule has 178 valence electrons. The number of carbonyl (C=O) groups excluding carboxylic acids is 1. The number of hydrogen-bond acceptors (Lipinski definition) is 5. The van der Waals surface area contributed by atoms with Gasteiger partial charge in [0, 0.05) is 6.42 Å². The van der Waals surface area contributed by atoms with Crippen LogP contribution in [0, 0.1) is 22.7 Å². The fourth-order valence-electron chi connectivity index (χ4n) is 3.47. The number of benzene rings is 2. The predicted octanol–water partition coefficient (Wildman–Crippen LogP) is 3.68. The minimum atomic E-state index is -5.08. The van der Waals surface area contributed by atoms with E-state index in [9.17, 15) is 23.2 Å². The van der Waals surface area contributed by atoms with Crippen LogP contribution in [0.15, 0.2) is 48.5 Å². The molecule has 0 heterocycles. The van der Waals surface area contributed by atoms with Gasteiger partial charge in [0.25, 0.3) is 0 Å². The molecule has 1 aliphatic rings. The highest BCUT2D eigenvalue weighted by molar-refractivity contribution is 5.86. The second kappa shape index (κ2) is 11.3. The van der Waals surface area contributed by atoms with E-state index in [4.69, 9.17) is 20.9 Å². The minimum Gasteiger partial charge on any atom is -0.475 e. The molecule has 1 aliphatic carbocycles. The number of nitrogens with two attached hydrogens (primary N) is 1. The molecule has 3 rings (SSSR count). The lowest BCUT2D eigenvalue weighted by molar-refractivity contribution is -0.192. The molecule has 1 fully saturated rings. The van der Waals surface area contributed by atoms with Crippen molar-refractivity contribution in [1.82, 2.24) is 5.32 Å². The zero-order valence-electron chi connectivity index (χ0n) is 18.1. The van der Waals surface area contributed by atoms with Crippen molar-refractivity contribution in [2.45, 2.75) is 49.9 Å². The molecule has 7 nitrogen and oxygen atoms in total. The third kappa shape index (κ3) is 7.32. The van der Waals surface area contributed by atoms with Gasteiger partial charge in [0.1, 0.15) is 6.04 Å². The average Bonchev–Trinajstić information content (AvgIpc) is 3.27. The SMILES string of the molecule is N#Cc1ccc(-c2ccc(CC(C#N)NC(=O)C3(N)CCCC3)cc2)cc1.O=C(O)C(F)(F)F. The zero-order chi connectivity index (χ0) is 25.4. The van der Waals surface area contributed by atoms with Crippen LogP contribution in [0.2, 0.25) is 0 Å². The largest absolute Gasteiger partial charge is 0.490 e. The van der Waals surface area contributed by atoms with Gasteiger partial charge in [-0.05, 0) is 41.7 Å². The number of carbonyl (C=O) groups is 2. The van der Waals surface area contributed by atoms with Crippen molar-refractivity contribution in [3.8, 4) is 23.3 Å². The first kappa shape index (κ1) is 26.4. The quantitative estimate of drug-likeness (QED) is 0.606. The Bertz CT molecular complexity index is 1080. The Labute approximate surface area is 194 Å². The standard InChI is InChI=1S/C22H22N4O.C2HF3O2/c23-14-17-5-9-19(10-6-17)18-7-3-16(4-8-18)13-20(15-24)26-21(27)22(25)11-1-2-12-22;3-2(4,5)1(6)7/h3-10,20H,1-2,11-13,25H2,(H,26,27);(H,6,7). The van der Waals surface area contributed by atoms with Crippen molar-refractivity contribution in [2.24, 2.45) is 5.73 Å². The fraction of sp³-hybridized carbons (Fsp3) is 0.333. The van der Waals surface area contributed by atoms with Crippen LogP contribution < -0.4 is 11.1 Å². The van der Waals surface area contributed by atoms with Gasteiger partial charge in [0.2, 0.25) is 5.91 Å². The summed E-state index contributed by atoms with van der Waals surface area (Å²) in [6.07, 6.45) is -1.38. The number of halogens is 3. The molecule has 2 aromatic rings. The van der Waals surface area contributed by atoms with Gasteiger partial charge in [-0.25, -0.2) is 4.79 Å². The lowest BCUT2D eigenvalue weighted by Gasteiger charge is -2.24. The summed E-state index contributed by atoms with van der Waals surface area (Å²) in [6.45, 7) is 0. The molecule has 2 aromatic carbocycles. The monoisotopic (exact) mass is 472 g/mol. The Morgan fingerprint density at radius 1 is 1.03 bits per heavy atom. The average molecular weight is 472 g/mol. The first-order valence-electron chi connectivity index (χ1n) is 10.4. The highest BCUT2D eigenvalue weighted by Crippen LogP contribution is 2.27. The van der Waals surface area contributed by atoms with Gasteiger partial charge in [-0.2, -0.15) is 23.7 Å². The Balaban J connectivity index is 0.000000509. The topological polar surface area (TPSA) is 140 Å². The van der Waals surface area contributed by atoms with E-state index < -0.39 is 23.7 Å². The maximum atomic E-state index is 12.4. The highest BCUT2D eigenvalue weighted by atomic mass is 19.4. The molecule has 1 unspecified atom stereocenters. The first-order valence-corrected chi connectivity index (χ1v) is 10.4. The van der Waals surface area contributed by atoms with E-state index in [2.05, 4.69) is 17.5 Å². The molecule has 0 aliphatic heterocycles. The number of nitrogens with one attached hydrogen (secondary N) is 1. The number of aliphatic carboxylic acids is 1. The van der Waals surface area contributed by atoms with Crippen LogP contribution in [-0.4, -0.2) is 34.7 Å². The van der Waals surface area contributed by atoms with Crippen molar-refractivity contribution in [1.29, 1.82) is 10.5 Å². The number of nitriles is 2. The first-order chi connectivity index (χ1) is 16.0. The molecule has 0 spiro atoms. The molecule has 0 bridgehead atoms. The summed E-state index contributed by atoms with van der Waals surface area (Å²) < 4.78 is 31.7. The molecule has 1 atom stereocenters. The van der Waals surface area contributed by atoms with Crippen molar-refractivity contribution in [3.63, 3.8) is 0 Å². The number of alkyl halides is 3. The van der Waals surface area contributed by atoms with E-state index in [1.807, 2.05) is 36.4 Å². The summed E-state index contributed by atoms with van der Waals surface area (Å²) in [6, 6.07) is 18.9. The highest BCUT2D eigenvalue weighted by Gasteiger charge is 2.38. The lowest BCUT2D eigenvalue weighted by atomic mass is 9.96. The minimum absolute atomic E-state index is 0.222. The molecule has 10 heteroatoms. The number of hydrogen-bond donors (Lipinski definition) is 3. The third-order valence-electron chi connectivity index (χ3n) is 5.39. The molecule has 0 saturated heterocycles. The predicted molar refractivity (Wildman–Crippen MR) is 117 cm³/mol. The van der Waals surface area contributed by atoms with Crippen molar-refractivity contribution < 1.29 is 27.9 Å². The van der Waals surface area contributed by atoms with Crippen LogP contribution in [0.25, 0.3) is 11.1 Å². The molecule has 1 saturated carbocycles. The van der Waals surface area contributed by atoms with Gasteiger partial charge in [-0.3, -0.25) is 4.79 Å². The Hall–Kier alpha value is -3.89. The molecule has 0 radical (unpaired) electrons. The molecular formula is C24H23F3N4O3. The van der Waals surface area contributed by atoms with Crippen LogP contribution in [-0.2, 0) is 16.0 Å². The van der Waals surface area contributed by atoms with Gasteiger partial charge in [0.05, 0.1) is 23.2 Å². The maximum absolute atomic E-state index is 12.4. The Morgan fingerprint density at radius 2 is 1.50 bits per heavy atom. The Morgan fingerprint density at radius 3 is 1.91 bits per heavy atom. The number of carboxylic acid groups (broad SMARTS) is 1. The van der Waals surface area contributed by atoms with Crippen LogP contribution in [0.3, 0.4) is 0 Å². The van der Waals surface area contributed by atoms with E-state index in [1.165, 1.54) is 0 Å². The van der Waals surface area contributed by atoms with Crippen molar-refractivity contribution in [2.75, 3.05) is 0 Å². The molecule has 0 aromatic heterocycles. The molecule has 4 N–H and O–H groups in total. The molecule has 34 heavy (non-hydrogen) atoms. The second-order valence-corrected chi connectivity index (χ2v) is 7.91. The van der Waals surface area contributed by atoms with E-state index in [1.54, 1.807) is 12.1 Å². The van der Waals surface area contributed by atoms with Gasteiger partial charge in [-0.1, -0.05) is 49.2 Å². The van der Waals surface area contributed by atoms with Crippen LogP contribution in [0.4, 0.5) is 13.2 Å². The van der Waals surface area contributed by atoms with Crippen LogP contribution in [0.5, 0.6) is 0 Å². The van der Waals surface area contributed by atoms with Gasteiger partial charge in [0.15, 0.2) is 0 Å². The Kier molecular flexibility index (Phi) is 8.76. The van der Waals surface area contributed by atoms with E-state index in [0.717, 1.165) is 29.5 Å². The number of nitrogens with zero attached hydrogens (tertiary/aromatic N) is 2. The van der Waals surface area contributed by atoms with Crippen LogP contribution >= 0.6 is 0 Å². The summed E-state index contributed by atoms with van der Waals surface area (Å²) in [7, 11) is 0. The van der Waals surface area contributed by atoms with Gasteiger partial charge < -0.3 is 16.2 Å². The smallest absolute Gasteiger partial charge is 0.475 e. The van der Waals surface area contributed by atoms with Gasteiger partial charge in [-0.15, -0.1) is 0 Å². The van der Waals surface area contributed by atoms with E-state index >= 15 is 0 Å². The maximum Gasteiger partial charge on any atom is 0.490 e. The third-order valence-corrected chi connectivity index (χ3v) is 5.39. The van der Waals surface area contributed by atoms with Crippen LogP contribution in [0.1, 0.15) is 36.8 Å². The van der Waals surface area contributed by atoms with Gasteiger partial charge >= 0.3 is 12.1 Å². The molecular weight excluding hydrogens is 449 g/mol. The zero-order valence-corrected chi connectivity index (χ0v) is 18.1. The lowest BCUT2D eigenvalue weighted by Crippen LogP contribution is -2.54. The summed E-state index contributed by atoms with van der Waals surface area (Å²) in [5.74, 6) is -2.98. The van der Waals surface area contributed by atoms with E-state index in [-0.39, 0.29) is 5.91 Å². The van der Waals surface area contributed by atoms with E-state index in [0.29, 0.717) is 24.8 Å². The normalized spacial score (nSPS) is 15.1.